The first kappa shape index (κ1) is 17.5. The van der Waals surface area contributed by atoms with Crippen LogP contribution in [-0.4, -0.2) is 42.4 Å². The van der Waals surface area contributed by atoms with Crippen molar-refractivity contribution in [3.05, 3.63) is 47.8 Å². The Balaban J connectivity index is 1.49. The van der Waals surface area contributed by atoms with E-state index in [4.69, 9.17) is 4.74 Å². The standard InChI is InChI=1S/C19H26N4O2/c1-25-17-6-2-4-15(12-17)7-10-21-19(24)14-23-18(8-11-22-23)16-5-3-9-20-13-16/h2,4,6,8,11-12,16,20H,3,5,7,9-10,13-14H2,1H3,(H,21,24)/t16-/m1/s1. The summed E-state index contributed by atoms with van der Waals surface area (Å²) in [5.41, 5.74) is 2.29. The maximum absolute atomic E-state index is 12.2. The second kappa shape index (κ2) is 8.67. The second-order valence-corrected chi connectivity index (χ2v) is 6.41. The number of piperidine rings is 1. The van der Waals surface area contributed by atoms with Crippen molar-refractivity contribution in [2.75, 3.05) is 26.7 Å². The molecule has 6 nitrogen and oxygen atoms in total. The molecule has 2 aromatic rings. The lowest BCUT2D eigenvalue weighted by Crippen LogP contribution is -2.33. The van der Waals surface area contributed by atoms with E-state index in [9.17, 15) is 4.79 Å². The zero-order valence-electron chi connectivity index (χ0n) is 14.7. The summed E-state index contributed by atoms with van der Waals surface area (Å²) in [5.74, 6) is 1.28. The van der Waals surface area contributed by atoms with E-state index in [-0.39, 0.29) is 12.5 Å². The van der Waals surface area contributed by atoms with Gasteiger partial charge in [-0.25, -0.2) is 0 Å². The highest BCUT2D eigenvalue weighted by Crippen LogP contribution is 2.22. The van der Waals surface area contributed by atoms with Crippen molar-refractivity contribution in [2.24, 2.45) is 0 Å². The summed E-state index contributed by atoms with van der Waals surface area (Å²) in [6.07, 6.45) is 4.88. The first-order valence-electron chi connectivity index (χ1n) is 8.88. The van der Waals surface area contributed by atoms with Gasteiger partial charge in [0, 0.05) is 30.9 Å². The molecule has 2 N–H and O–H groups in total. The molecule has 1 aromatic carbocycles. The number of methoxy groups -OCH3 is 1. The second-order valence-electron chi connectivity index (χ2n) is 6.41. The van der Waals surface area contributed by atoms with E-state index in [1.54, 1.807) is 13.3 Å². The van der Waals surface area contributed by atoms with Crippen molar-refractivity contribution in [3.63, 3.8) is 0 Å². The van der Waals surface area contributed by atoms with Gasteiger partial charge in [0.05, 0.1) is 7.11 Å². The van der Waals surface area contributed by atoms with Crippen LogP contribution in [0.1, 0.15) is 30.0 Å². The topological polar surface area (TPSA) is 68.2 Å². The first-order valence-corrected chi connectivity index (χ1v) is 8.88. The fraction of sp³-hybridized carbons (Fsp3) is 0.474. The largest absolute Gasteiger partial charge is 0.497 e. The summed E-state index contributed by atoms with van der Waals surface area (Å²) in [5, 5.41) is 10.7. The highest BCUT2D eigenvalue weighted by atomic mass is 16.5. The molecule has 2 heterocycles. The lowest BCUT2D eigenvalue weighted by atomic mass is 9.96. The summed E-state index contributed by atoms with van der Waals surface area (Å²) < 4.78 is 7.05. The summed E-state index contributed by atoms with van der Waals surface area (Å²) >= 11 is 0. The lowest BCUT2D eigenvalue weighted by molar-refractivity contribution is -0.121. The minimum Gasteiger partial charge on any atom is -0.497 e. The van der Waals surface area contributed by atoms with Crippen LogP contribution in [0.3, 0.4) is 0 Å². The van der Waals surface area contributed by atoms with Crippen molar-refractivity contribution in [1.29, 1.82) is 0 Å². The number of ether oxygens (including phenoxy) is 1. The molecule has 0 unspecified atom stereocenters. The Hall–Kier alpha value is -2.34. The number of carbonyl (C=O) groups excluding carboxylic acids is 1. The molecule has 1 saturated heterocycles. The Kier molecular flexibility index (Phi) is 6.06. The van der Waals surface area contributed by atoms with E-state index >= 15 is 0 Å². The molecule has 1 aromatic heterocycles. The Labute approximate surface area is 148 Å². The number of rotatable bonds is 7. The van der Waals surface area contributed by atoms with E-state index in [1.165, 1.54) is 6.42 Å². The van der Waals surface area contributed by atoms with Crippen molar-refractivity contribution in [2.45, 2.75) is 31.7 Å². The predicted octanol–water partition coefficient (Wildman–Crippen LogP) is 1.72. The van der Waals surface area contributed by atoms with Crippen LogP contribution in [0.2, 0.25) is 0 Å². The zero-order chi connectivity index (χ0) is 17.5. The number of nitrogens with zero attached hydrogens (tertiary/aromatic N) is 2. The van der Waals surface area contributed by atoms with E-state index in [0.717, 1.165) is 42.9 Å². The maximum Gasteiger partial charge on any atom is 0.241 e. The van der Waals surface area contributed by atoms with Crippen molar-refractivity contribution in [1.82, 2.24) is 20.4 Å². The molecule has 0 spiro atoms. The van der Waals surface area contributed by atoms with E-state index < -0.39 is 0 Å². The fourth-order valence-corrected chi connectivity index (χ4v) is 3.29. The van der Waals surface area contributed by atoms with E-state index in [2.05, 4.69) is 15.7 Å². The van der Waals surface area contributed by atoms with Crippen molar-refractivity contribution >= 4 is 5.91 Å². The van der Waals surface area contributed by atoms with Gasteiger partial charge in [0.2, 0.25) is 5.91 Å². The average molecular weight is 342 g/mol. The van der Waals surface area contributed by atoms with Gasteiger partial charge >= 0.3 is 0 Å². The monoisotopic (exact) mass is 342 g/mol. The van der Waals surface area contributed by atoms with Gasteiger partial charge in [0.1, 0.15) is 12.3 Å². The predicted molar refractivity (Wildman–Crippen MR) is 96.8 cm³/mol. The summed E-state index contributed by atoms with van der Waals surface area (Å²) in [7, 11) is 1.66. The lowest BCUT2D eigenvalue weighted by Gasteiger charge is -2.23. The molecule has 1 amide bonds. The normalized spacial score (nSPS) is 17.2. The molecule has 0 aliphatic carbocycles. The molecule has 1 aliphatic heterocycles. The van der Waals surface area contributed by atoms with E-state index in [0.29, 0.717) is 12.5 Å². The molecule has 0 radical (unpaired) electrons. The van der Waals surface area contributed by atoms with Gasteiger partial charge in [-0.15, -0.1) is 0 Å². The number of carbonyl (C=O) groups is 1. The number of amides is 1. The minimum absolute atomic E-state index is 0.00313. The summed E-state index contributed by atoms with van der Waals surface area (Å²) in [4.78, 5) is 12.2. The van der Waals surface area contributed by atoms with Crippen LogP contribution < -0.4 is 15.4 Å². The summed E-state index contributed by atoms with van der Waals surface area (Å²) in [6.45, 7) is 2.92. The van der Waals surface area contributed by atoms with Crippen molar-refractivity contribution in [3.8, 4) is 5.75 Å². The maximum atomic E-state index is 12.2. The molecule has 1 aliphatic rings. The third-order valence-corrected chi connectivity index (χ3v) is 4.63. The number of aromatic nitrogens is 2. The molecule has 1 atom stereocenters. The van der Waals surface area contributed by atoms with Gasteiger partial charge in [0.25, 0.3) is 0 Å². The quantitative estimate of drug-likeness (QED) is 0.804. The summed E-state index contributed by atoms with van der Waals surface area (Å²) in [6, 6.07) is 9.94. The smallest absolute Gasteiger partial charge is 0.241 e. The van der Waals surface area contributed by atoms with Gasteiger partial charge in [0.15, 0.2) is 0 Å². The molecule has 1 fully saturated rings. The SMILES string of the molecule is COc1cccc(CCNC(=O)Cn2nccc2[C@@H]2CCCNC2)c1. The van der Waals surface area contributed by atoms with Gasteiger partial charge in [-0.05, 0) is 49.6 Å². The number of benzene rings is 1. The van der Waals surface area contributed by atoms with Gasteiger partial charge < -0.3 is 15.4 Å². The van der Waals surface area contributed by atoms with E-state index in [1.807, 2.05) is 35.0 Å². The Morgan fingerprint density at radius 1 is 1.44 bits per heavy atom. The van der Waals surface area contributed by atoms with Gasteiger partial charge in [-0.2, -0.15) is 5.10 Å². The number of hydrogen-bond acceptors (Lipinski definition) is 4. The zero-order valence-corrected chi connectivity index (χ0v) is 14.7. The number of nitrogens with one attached hydrogen (secondary N) is 2. The molecule has 3 rings (SSSR count). The third kappa shape index (κ3) is 4.82. The van der Waals surface area contributed by atoms with Gasteiger partial charge in [-0.3, -0.25) is 9.48 Å². The third-order valence-electron chi connectivity index (χ3n) is 4.63. The Bertz CT molecular complexity index is 692. The van der Waals surface area contributed by atoms with Crippen molar-refractivity contribution < 1.29 is 9.53 Å². The first-order chi connectivity index (χ1) is 12.3. The molecular weight excluding hydrogens is 316 g/mol. The van der Waals surface area contributed by atoms with Crippen LogP contribution in [0, 0.1) is 0 Å². The van der Waals surface area contributed by atoms with Crippen LogP contribution >= 0.6 is 0 Å². The van der Waals surface area contributed by atoms with Crippen LogP contribution in [-0.2, 0) is 17.8 Å². The number of hydrogen-bond donors (Lipinski definition) is 2. The molecular formula is C19H26N4O2. The van der Waals surface area contributed by atoms with Crippen LogP contribution in [0.4, 0.5) is 0 Å². The molecule has 6 heteroatoms. The Morgan fingerprint density at radius 3 is 3.16 bits per heavy atom. The van der Waals surface area contributed by atoms with Crippen LogP contribution in [0.25, 0.3) is 0 Å². The average Bonchev–Trinajstić information content (AvgIpc) is 3.10. The van der Waals surface area contributed by atoms with Crippen LogP contribution in [0.15, 0.2) is 36.5 Å². The van der Waals surface area contributed by atoms with Gasteiger partial charge in [-0.1, -0.05) is 12.1 Å². The highest BCUT2D eigenvalue weighted by Gasteiger charge is 2.19. The Morgan fingerprint density at radius 2 is 2.36 bits per heavy atom. The molecule has 25 heavy (non-hydrogen) atoms. The molecule has 0 bridgehead atoms. The van der Waals surface area contributed by atoms with Crippen LogP contribution in [0.5, 0.6) is 5.75 Å². The molecule has 0 saturated carbocycles. The fourth-order valence-electron chi connectivity index (χ4n) is 3.29. The molecule has 134 valence electrons. The minimum atomic E-state index is -0.00313. The highest BCUT2D eigenvalue weighted by molar-refractivity contribution is 5.75.